The number of hydrogen-bond acceptors (Lipinski definition) is 7. The molecule has 0 saturated carbocycles. The second-order valence-corrected chi connectivity index (χ2v) is 24.0. The third kappa shape index (κ3) is 12.6. The Hall–Kier alpha value is -9.73. The Bertz CT molecular complexity index is 5950. The minimum absolute atomic E-state index is 0. The van der Waals surface area contributed by atoms with E-state index in [1.807, 2.05) is 12.1 Å². The molecule has 12 aromatic carbocycles. The van der Waals surface area contributed by atoms with Crippen LogP contribution in [0.1, 0.15) is 23.7 Å². The molecule has 0 spiro atoms. The number of hydrogen-bond donors (Lipinski definition) is 0. The zero-order chi connectivity index (χ0) is 68.8. The maximum Gasteiger partial charge on any atom is 1.00 e. The summed E-state index contributed by atoms with van der Waals surface area (Å²) in [5.74, 6) is -5.28. The molecule has 0 N–H and O–H groups in total. The van der Waals surface area contributed by atoms with Crippen molar-refractivity contribution in [1.82, 2.24) is 28.2 Å². The molecule has 1 aliphatic carbocycles. The Morgan fingerprint density at radius 1 is 0.356 bits per heavy atom. The first-order valence-electron chi connectivity index (χ1n) is 32.3. The average Bonchev–Trinajstić information content (AvgIpc) is 1.57. The van der Waals surface area contributed by atoms with Crippen LogP contribution in [0.15, 0.2) is 291 Å². The molecule has 0 saturated heterocycles. The van der Waals surface area contributed by atoms with Gasteiger partial charge in [0.15, 0.2) is 23.3 Å². The number of carbonyl (C=O) groups excluding carboxylic acids is 1. The fourth-order valence-corrected chi connectivity index (χ4v) is 14.6. The van der Waals surface area contributed by atoms with Gasteiger partial charge in [-0.25, -0.2) is 13.8 Å². The van der Waals surface area contributed by atoms with Gasteiger partial charge in [0.1, 0.15) is 11.4 Å². The summed E-state index contributed by atoms with van der Waals surface area (Å²) in [6.45, 7) is -0.181. The number of rotatable bonds is 7. The number of pyridine rings is 2. The first kappa shape index (κ1) is 72.6. The quantitative estimate of drug-likeness (QED) is 0.0294. The third-order valence-corrected chi connectivity index (χ3v) is 18.7. The summed E-state index contributed by atoms with van der Waals surface area (Å²) >= 11 is 0. The van der Waals surface area contributed by atoms with Gasteiger partial charge in [-0.1, -0.05) is 231 Å². The van der Waals surface area contributed by atoms with Gasteiger partial charge in [-0.2, -0.15) is 24.3 Å². The normalized spacial score (nSPS) is 11.1. The van der Waals surface area contributed by atoms with Crippen LogP contribution in [0.25, 0.3) is 144 Å². The Morgan fingerprint density at radius 3 is 0.885 bits per heavy atom. The maximum atomic E-state index is 13.5. The van der Waals surface area contributed by atoms with Gasteiger partial charge in [-0.15, -0.1) is 24.0 Å². The number of halogens is 5. The van der Waals surface area contributed by atoms with Crippen molar-refractivity contribution >= 4 is 118 Å². The molecule has 0 unspecified atom stereocenters. The maximum absolute atomic E-state index is 13.5. The summed E-state index contributed by atoms with van der Waals surface area (Å²) in [5.41, 5.74) is 16.8. The number of fused-ring (bicyclic) bond motifs is 15. The molecular weight excluding hydrogens is 1470 g/mol. The fraction of sp³-hybridized carbons (Fsp3) is 0.0116. The van der Waals surface area contributed by atoms with E-state index in [1.165, 1.54) is 46.5 Å². The smallest absolute Gasteiger partial charge is 1.00 e. The van der Waals surface area contributed by atoms with Gasteiger partial charge in [-0.3, -0.25) is 13.9 Å². The predicted molar refractivity (Wildman–Crippen MR) is 404 cm³/mol. The van der Waals surface area contributed by atoms with Crippen molar-refractivity contribution in [2.45, 2.75) is 6.42 Å². The largest absolute Gasteiger partial charge is 1.00 e. The van der Waals surface area contributed by atoms with E-state index >= 15 is 0 Å². The first-order chi connectivity index (χ1) is 49.7. The molecule has 104 heavy (non-hydrogen) atoms. The van der Waals surface area contributed by atoms with Crippen molar-refractivity contribution in [3.8, 4) is 68.5 Å². The molecule has 0 aliphatic heterocycles. The van der Waals surface area contributed by atoms with Gasteiger partial charge in [0, 0.05) is 59.8 Å². The van der Waals surface area contributed by atoms with E-state index in [-0.39, 0.29) is 146 Å². The molecule has 18 aromatic rings. The van der Waals surface area contributed by atoms with Crippen molar-refractivity contribution in [3.05, 3.63) is 337 Å². The predicted octanol–water partition coefficient (Wildman–Crippen LogP) is 14.6. The monoisotopic (exact) mass is 1530 g/mol. The Labute approximate surface area is 696 Å². The summed E-state index contributed by atoms with van der Waals surface area (Å²) in [6, 6.07) is 104. The zero-order valence-electron chi connectivity index (χ0n) is 56.7. The summed E-state index contributed by atoms with van der Waals surface area (Å²) in [6.07, 6.45) is 1.10. The van der Waals surface area contributed by atoms with Crippen molar-refractivity contribution in [1.29, 1.82) is 10.5 Å². The minimum atomic E-state index is -1.75. The topological polar surface area (TPSA) is 142 Å². The van der Waals surface area contributed by atoms with E-state index in [2.05, 4.69) is 289 Å². The van der Waals surface area contributed by atoms with E-state index < -0.39 is 29.1 Å². The van der Waals surface area contributed by atoms with Gasteiger partial charge >= 0.3 is 103 Å². The molecular formula is C86H53F4IK2N8O3. The third-order valence-electron chi connectivity index (χ3n) is 18.7. The number of para-hydroxylation sites is 8. The molecule has 0 amide bonds. The minimum Gasteiger partial charge on any atom is -1.00 e. The summed E-state index contributed by atoms with van der Waals surface area (Å²) < 4.78 is 62.4. The van der Waals surface area contributed by atoms with Crippen LogP contribution in [0.2, 0.25) is 0 Å². The van der Waals surface area contributed by atoms with Gasteiger partial charge in [0.05, 0.1) is 73.0 Å². The molecule has 0 bridgehead atoms. The van der Waals surface area contributed by atoms with E-state index in [0.717, 1.165) is 128 Å². The van der Waals surface area contributed by atoms with E-state index in [9.17, 15) is 22.8 Å². The first-order valence-corrected chi connectivity index (χ1v) is 32.3. The number of carbonyl (C=O) groups is 1. The van der Waals surface area contributed by atoms with Crippen molar-refractivity contribution in [2.24, 2.45) is 0 Å². The van der Waals surface area contributed by atoms with E-state index in [1.54, 1.807) is 6.07 Å². The van der Waals surface area contributed by atoms with Gasteiger partial charge in [0.25, 0.3) is 18.4 Å². The average molecular weight is 1530 g/mol. The molecule has 1 aliphatic rings. The zero-order valence-corrected chi connectivity index (χ0v) is 64.3. The van der Waals surface area contributed by atoms with Crippen LogP contribution in [0.3, 0.4) is 0 Å². The van der Waals surface area contributed by atoms with Crippen molar-refractivity contribution < 1.29 is 137 Å². The summed E-state index contributed by atoms with van der Waals surface area (Å²) in [7, 11) is 0. The summed E-state index contributed by atoms with van der Waals surface area (Å²) in [5, 5.41) is 37.6. The molecule has 19 rings (SSSR count). The molecule has 0 fully saturated rings. The van der Waals surface area contributed by atoms with Crippen LogP contribution in [0, 0.1) is 46.2 Å². The molecule has 0 radical (unpaired) electrons. The molecule has 492 valence electrons. The SMILES string of the molecule is I.N#Cc1ccccc1-c1c(-n2c3ccccc3c3ccccc32)c(-n2c3ccccc3c3ccccc32)nc(-n2c3ccccc3c3ccccc32)c1-n1c2ccccc2c2ccccc21.N#Cc1ccccc1-c1c(F)c(F)nc(F)c1F.O=CO[O-].[H-].[K+].[K+].c1ccc2c(c1)Cc1ccccc1-2. The molecule has 6 heterocycles. The number of nitriles is 2. The van der Waals surface area contributed by atoms with E-state index in [4.69, 9.17) is 20.3 Å². The van der Waals surface area contributed by atoms with Crippen molar-refractivity contribution in [2.75, 3.05) is 0 Å². The Balaban J connectivity index is 0.000000217. The molecule has 18 heteroatoms. The molecule has 11 nitrogen and oxygen atoms in total. The van der Waals surface area contributed by atoms with Crippen molar-refractivity contribution in [3.63, 3.8) is 0 Å². The van der Waals surface area contributed by atoms with Gasteiger partial charge < -0.3 is 20.7 Å². The van der Waals surface area contributed by atoms with Crippen LogP contribution in [-0.2, 0) is 16.1 Å². The second-order valence-electron chi connectivity index (χ2n) is 24.0. The number of nitrogens with zero attached hydrogens (tertiary/aromatic N) is 8. The Morgan fingerprint density at radius 2 is 0.596 bits per heavy atom. The van der Waals surface area contributed by atoms with Crippen LogP contribution in [-0.4, -0.2) is 34.7 Å². The van der Waals surface area contributed by atoms with Crippen LogP contribution >= 0.6 is 24.0 Å². The summed E-state index contributed by atoms with van der Waals surface area (Å²) in [4.78, 5) is 19.9. The van der Waals surface area contributed by atoms with Gasteiger partial charge in [-0.05, 0) is 89.3 Å². The molecule has 6 aromatic heterocycles. The van der Waals surface area contributed by atoms with Crippen LogP contribution in [0.4, 0.5) is 17.6 Å². The fourth-order valence-electron chi connectivity index (χ4n) is 14.6. The van der Waals surface area contributed by atoms with E-state index in [0.29, 0.717) is 5.56 Å². The molecule has 0 atom stereocenters. The standard InChI is InChI=1S/C60H36N6.C13H10.C12H4F4N2.CH2O3.HI.2K.H/c61-37-38-19-1-2-20-39(38)56-57(63-48-29-11-3-21-40(48)41-22-4-12-30-49(41)63)59(65-52-33-15-7-25-44(52)45-26-8-16-34-53(45)65)62-60(66-54-35-17-9-27-46(54)47-28-10-18-36-55(47)66)58(56)64-50-31-13-5-23-42(50)43-24-6-14-32-51(43)64;1-3-7-12-10(5-1)9-11-6-2-4-8-13(11)12;13-9-8(10(14)12(16)18-11(9)15)7-4-2-1-3-6(7)5-17;2-1-4-3;;;;/h1-36H;1-8H,9H2;1-4H;1,3H;1H;;;/q;;;;;2*+1;-1/p-1. The number of benzene rings is 12. The van der Waals surface area contributed by atoms with Crippen LogP contribution < -0.4 is 108 Å². The number of aromatic nitrogens is 6. The second kappa shape index (κ2) is 31.3. The van der Waals surface area contributed by atoms with Crippen LogP contribution in [0.5, 0.6) is 0 Å². The van der Waals surface area contributed by atoms with Gasteiger partial charge in [0.2, 0.25) is 0 Å². The Kier molecular flexibility index (Phi) is 21.9.